The van der Waals surface area contributed by atoms with Gasteiger partial charge in [0.2, 0.25) is 0 Å². The molecule has 0 aromatic carbocycles. The maximum atomic E-state index is 13.1. The van der Waals surface area contributed by atoms with Gasteiger partial charge in [0.15, 0.2) is 12.2 Å². The number of carbonyl (C=O) groups is 4. The van der Waals surface area contributed by atoms with Crippen molar-refractivity contribution in [3.8, 4) is 0 Å². The Morgan fingerprint density at radius 2 is 0.602 bits per heavy atom. The number of unbranched alkanes of at least 4 members (excludes halogenated alkanes) is 38. The zero-order valence-electron chi connectivity index (χ0n) is 63.7. The molecule has 0 aliphatic heterocycles. The van der Waals surface area contributed by atoms with Gasteiger partial charge in [-0.1, -0.05) is 330 Å². The zero-order chi connectivity index (χ0) is 72.3. The van der Waals surface area contributed by atoms with Gasteiger partial charge in [0.1, 0.15) is 19.3 Å². The topological polar surface area (TPSA) is 237 Å². The molecule has 17 nitrogen and oxygen atoms in total. The Labute approximate surface area is 599 Å². The third kappa shape index (κ3) is 69.3. The molecule has 0 spiro atoms. The predicted octanol–water partition coefficient (Wildman–Crippen LogP) is 22.9. The van der Waals surface area contributed by atoms with E-state index in [0.29, 0.717) is 25.7 Å². The molecule has 0 aliphatic rings. The van der Waals surface area contributed by atoms with Gasteiger partial charge in [0.25, 0.3) is 0 Å². The second kappa shape index (κ2) is 68.9. The molecule has 0 saturated heterocycles. The summed E-state index contributed by atoms with van der Waals surface area (Å²) in [6.07, 6.45) is 59.0. The maximum Gasteiger partial charge on any atom is 0.472 e. The number of phosphoric ester groups is 2. The maximum absolute atomic E-state index is 13.1. The van der Waals surface area contributed by atoms with E-state index in [1.165, 1.54) is 173 Å². The zero-order valence-corrected chi connectivity index (χ0v) is 65.5. The monoisotopic (exact) mass is 1430 g/mol. The van der Waals surface area contributed by atoms with E-state index in [1.54, 1.807) is 0 Å². The summed E-state index contributed by atoms with van der Waals surface area (Å²) in [5, 5.41) is 10.6. The Bertz CT molecular complexity index is 2000. The van der Waals surface area contributed by atoms with Crippen molar-refractivity contribution in [2.75, 3.05) is 39.6 Å². The van der Waals surface area contributed by atoms with Crippen LogP contribution in [0.5, 0.6) is 0 Å². The van der Waals surface area contributed by atoms with Crippen LogP contribution >= 0.6 is 15.6 Å². The lowest BCUT2D eigenvalue weighted by molar-refractivity contribution is -0.161. The van der Waals surface area contributed by atoms with Crippen LogP contribution in [0.2, 0.25) is 0 Å². The quantitative estimate of drug-likeness (QED) is 0.0169. The molecule has 19 heteroatoms. The molecule has 0 aliphatic carbocycles. The molecule has 0 aromatic heterocycles. The van der Waals surface area contributed by atoms with Crippen molar-refractivity contribution in [1.29, 1.82) is 0 Å². The van der Waals surface area contributed by atoms with E-state index in [9.17, 15) is 43.2 Å². The number of hydrogen-bond acceptors (Lipinski definition) is 15. The van der Waals surface area contributed by atoms with Crippen LogP contribution in [0.4, 0.5) is 0 Å². The Balaban J connectivity index is 5.27. The van der Waals surface area contributed by atoms with E-state index in [0.717, 1.165) is 127 Å². The summed E-state index contributed by atoms with van der Waals surface area (Å²) in [6, 6.07) is 0. The third-order valence-corrected chi connectivity index (χ3v) is 20.4. The van der Waals surface area contributed by atoms with Crippen LogP contribution in [0.25, 0.3) is 0 Å². The average molecular weight is 1430 g/mol. The fraction of sp³-hybridized carbons (Fsp3) is 0.899. The molecule has 3 N–H and O–H groups in total. The largest absolute Gasteiger partial charge is 0.472 e. The van der Waals surface area contributed by atoms with Crippen LogP contribution in [0.3, 0.4) is 0 Å². The fourth-order valence-corrected chi connectivity index (χ4v) is 13.1. The van der Waals surface area contributed by atoms with Crippen LogP contribution in [0, 0.1) is 17.8 Å². The van der Waals surface area contributed by atoms with E-state index >= 15 is 0 Å². The molecular formula is C79H150O17P2. The fourth-order valence-electron chi connectivity index (χ4n) is 11.5. The van der Waals surface area contributed by atoms with Crippen molar-refractivity contribution in [2.24, 2.45) is 17.8 Å². The molecule has 7 atom stereocenters. The van der Waals surface area contributed by atoms with Crippen molar-refractivity contribution in [1.82, 2.24) is 0 Å². The number of esters is 4. The lowest BCUT2D eigenvalue weighted by Crippen LogP contribution is -2.30. The molecule has 0 radical (unpaired) electrons. The Morgan fingerprint density at radius 3 is 0.908 bits per heavy atom. The lowest BCUT2D eigenvalue weighted by atomic mass is 9.99. The van der Waals surface area contributed by atoms with Gasteiger partial charge in [-0.2, -0.15) is 0 Å². The van der Waals surface area contributed by atoms with E-state index in [1.807, 2.05) is 0 Å². The standard InChI is InChI=1S/C79H150O17P2/c1-8-11-12-13-14-15-16-17-20-25-28-34-39-48-55-62-78(83)96-75(67-90-77(82)61-54-47-42-41-45-52-59-72(7)10-3)69-94-98(87,88)92-65-73(80)64-91-97(85,86)93-68-74(95-79(84)63-56-49-40-35-30-29-32-37-44-51-58-71(6)9-2)66-89-76(81)60-53-46-38-33-27-24-22-19-18-21-23-26-31-36-43-50-57-70(4)5/h15-17,20,70-75,80H,8-14,18-19,21-69H2,1-7H3,(H,85,86)(H,87,88)/b16-15-,20-17-/t71?,72?,73-,74-,75-/m1/s1. The molecule has 4 unspecified atom stereocenters. The molecule has 0 saturated carbocycles. The van der Waals surface area contributed by atoms with Gasteiger partial charge >= 0.3 is 39.5 Å². The molecule has 0 fully saturated rings. The van der Waals surface area contributed by atoms with Crippen LogP contribution < -0.4 is 0 Å². The summed E-state index contributed by atoms with van der Waals surface area (Å²) in [5.74, 6) is 0.194. The Kier molecular flexibility index (Phi) is 67.2. The minimum Gasteiger partial charge on any atom is -0.462 e. The number of phosphoric acid groups is 2. The van der Waals surface area contributed by atoms with Crippen LogP contribution in [0.1, 0.15) is 382 Å². The molecule has 0 rings (SSSR count). The van der Waals surface area contributed by atoms with Crippen LogP contribution in [-0.4, -0.2) is 96.7 Å². The Morgan fingerprint density at radius 1 is 0.337 bits per heavy atom. The second-order valence-corrected chi connectivity index (χ2v) is 31.6. The van der Waals surface area contributed by atoms with E-state index in [-0.39, 0.29) is 25.7 Å². The van der Waals surface area contributed by atoms with Gasteiger partial charge in [-0.3, -0.25) is 37.3 Å². The molecule has 578 valence electrons. The minimum absolute atomic E-state index is 0.0839. The van der Waals surface area contributed by atoms with Gasteiger partial charge in [-0.15, -0.1) is 0 Å². The number of allylic oxidation sites excluding steroid dienone is 4. The van der Waals surface area contributed by atoms with Gasteiger partial charge in [0.05, 0.1) is 26.4 Å². The SMILES string of the molecule is CCCCCC/C=C\C=C/CCCCCCCC(=O)O[C@H](COC(=O)CCCCCCCCC(C)CC)COP(=O)(O)OC[C@H](O)COP(=O)(O)OC[C@@H](COC(=O)CCCCCCCCCCCCCCCCCCC(C)C)OC(=O)CCCCCCCCCCCCC(C)CC. The minimum atomic E-state index is -4.97. The van der Waals surface area contributed by atoms with E-state index in [2.05, 4.69) is 72.8 Å². The Hall–Kier alpha value is -2.46. The van der Waals surface area contributed by atoms with Crippen molar-refractivity contribution in [3.63, 3.8) is 0 Å². The molecule has 98 heavy (non-hydrogen) atoms. The summed E-state index contributed by atoms with van der Waals surface area (Å²) in [4.78, 5) is 72.9. The van der Waals surface area contributed by atoms with Gasteiger partial charge in [0, 0.05) is 25.7 Å². The highest BCUT2D eigenvalue weighted by molar-refractivity contribution is 7.47. The number of carbonyl (C=O) groups excluding carboxylic acids is 4. The highest BCUT2D eigenvalue weighted by atomic mass is 31.2. The number of ether oxygens (including phenoxy) is 4. The highest BCUT2D eigenvalue weighted by Crippen LogP contribution is 2.45. The highest BCUT2D eigenvalue weighted by Gasteiger charge is 2.30. The average Bonchev–Trinajstić information content (AvgIpc) is 1.04. The molecule has 0 bridgehead atoms. The van der Waals surface area contributed by atoms with Crippen molar-refractivity contribution < 1.29 is 80.2 Å². The summed E-state index contributed by atoms with van der Waals surface area (Å²) in [5.41, 5.74) is 0. The van der Waals surface area contributed by atoms with Crippen molar-refractivity contribution in [2.45, 2.75) is 401 Å². The number of aliphatic hydroxyl groups excluding tert-OH is 1. The third-order valence-electron chi connectivity index (χ3n) is 18.5. The number of hydrogen-bond donors (Lipinski definition) is 3. The van der Waals surface area contributed by atoms with Gasteiger partial charge < -0.3 is 33.8 Å². The summed E-state index contributed by atoms with van der Waals surface area (Å²) < 4.78 is 68.6. The van der Waals surface area contributed by atoms with Crippen LogP contribution in [0.15, 0.2) is 24.3 Å². The first-order chi connectivity index (χ1) is 47.3. The van der Waals surface area contributed by atoms with Crippen LogP contribution in [-0.2, 0) is 65.4 Å². The molecule has 0 aromatic rings. The second-order valence-electron chi connectivity index (χ2n) is 28.7. The normalized spacial score (nSPS) is 14.7. The first kappa shape index (κ1) is 95.5. The first-order valence-corrected chi connectivity index (χ1v) is 43.2. The lowest BCUT2D eigenvalue weighted by Gasteiger charge is -2.21. The predicted molar refractivity (Wildman–Crippen MR) is 400 cm³/mol. The number of rotatable bonds is 75. The molecule has 0 amide bonds. The number of aliphatic hydroxyl groups is 1. The first-order valence-electron chi connectivity index (χ1n) is 40.2. The van der Waals surface area contributed by atoms with E-state index < -0.39 is 97.5 Å². The smallest absolute Gasteiger partial charge is 0.462 e. The molecular weight excluding hydrogens is 1280 g/mol. The summed E-state index contributed by atoms with van der Waals surface area (Å²) in [6.45, 7) is 11.9. The van der Waals surface area contributed by atoms with Crippen molar-refractivity contribution in [3.05, 3.63) is 24.3 Å². The van der Waals surface area contributed by atoms with E-state index in [4.69, 9.17) is 37.0 Å². The van der Waals surface area contributed by atoms with Crippen molar-refractivity contribution >= 4 is 39.5 Å². The van der Waals surface area contributed by atoms with Gasteiger partial charge in [-0.25, -0.2) is 9.13 Å². The molecule has 0 heterocycles. The van der Waals surface area contributed by atoms with Gasteiger partial charge in [-0.05, 0) is 69.1 Å². The summed E-state index contributed by atoms with van der Waals surface area (Å²) >= 11 is 0. The summed E-state index contributed by atoms with van der Waals surface area (Å²) in [7, 11) is -9.93.